The van der Waals surface area contributed by atoms with E-state index in [2.05, 4.69) is 21.6 Å². The van der Waals surface area contributed by atoms with Crippen molar-refractivity contribution >= 4 is 16.6 Å². The third-order valence-electron chi connectivity index (χ3n) is 2.75. The monoisotopic (exact) mass is 256 g/mol. The highest BCUT2D eigenvalue weighted by molar-refractivity contribution is 5.92. The van der Waals surface area contributed by atoms with E-state index in [0.717, 1.165) is 36.2 Å². The first-order valence-corrected chi connectivity index (χ1v) is 6.34. The molecule has 0 saturated heterocycles. The van der Waals surface area contributed by atoms with Crippen molar-refractivity contribution in [3.8, 4) is 6.07 Å². The summed E-state index contributed by atoms with van der Waals surface area (Å²) < 4.78 is 5.28. The minimum Gasteiger partial charge on any atom is -0.382 e. The molecule has 0 aliphatic rings. The van der Waals surface area contributed by atoms with Crippen LogP contribution in [0.15, 0.2) is 24.3 Å². The van der Waals surface area contributed by atoms with Crippen LogP contribution in [0.3, 0.4) is 0 Å². The van der Waals surface area contributed by atoms with Gasteiger partial charge in [-0.2, -0.15) is 5.26 Å². The Morgan fingerprint density at radius 3 is 2.95 bits per heavy atom. The average molecular weight is 256 g/mol. The zero-order valence-electron chi connectivity index (χ0n) is 10.9. The van der Waals surface area contributed by atoms with Crippen molar-refractivity contribution in [1.29, 1.82) is 5.26 Å². The van der Waals surface area contributed by atoms with Crippen molar-refractivity contribution in [2.75, 3.05) is 25.1 Å². The normalized spacial score (nSPS) is 10.3. The number of nitrogens with one attached hydrogen (secondary N) is 1. The third kappa shape index (κ3) is 3.18. The highest BCUT2D eigenvalue weighted by atomic mass is 16.5. The second-order valence-electron chi connectivity index (χ2n) is 4.03. The molecule has 2 rings (SSSR count). The molecular formula is C14H16N4O. The maximum atomic E-state index is 9.10. The number of ether oxygens (including phenoxy) is 1. The van der Waals surface area contributed by atoms with Crippen molar-refractivity contribution < 1.29 is 4.74 Å². The number of nitrogens with zero attached hydrogens (tertiary/aromatic N) is 3. The van der Waals surface area contributed by atoms with E-state index in [4.69, 9.17) is 10.00 Å². The Bertz CT molecular complexity index is 592. The number of nitriles is 1. The van der Waals surface area contributed by atoms with Crippen LogP contribution in [0.1, 0.15) is 19.0 Å². The van der Waals surface area contributed by atoms with Crippen molar-refractivity contribution in [2.24, 2.45) is 0 Å². The van der Waals surface area contributed by atoms with Crippen LogP contribution >= 0.6 is 0 Å². The molecule has 0 atom stereocenters. The lowest BCUT2D eigenvalue weighted by atomic mass is 10.1. The van der Waals surface area contributed by atoms with Gasteiger partial charge in [-0.25, -0.2) is 0 Å². The number of benzene rings is 1. The van der Waals surface area contributed by atoms with Crippen molar-refractivity contribution in [3.05, 3.63) is 30.0 Å². The van der Waals surface area contributed by atoms with Crippen molar-refractivity contribution in [3.63, 3.8) is 0 Å². The molecule has 1 aromatic heterocycles. The lowest BCUT2D eigenvalue weighted by Crippen LogP contribution is -2.08. The van der Waals surface area contributed by atoms with Gasteiger partial charge in [0.1, 0.15) is 6.07 Å². The molecule has 0 bridgehead atoms. The standard InChI is InChI=1S/C14H16N4O/c1-2-19-9-5-8-16-14-11-6-3-4-7-12(11)17-18-13(14)10-15/h3-4,6-7H,2,5,8-9H2,1H3,(H,16,17). The van der Waals surface area contributed by atoms with Crippen LogP contribution in [0.4, 0.5) is 5.69 Å². The molecule has 0 unspecified atom stereocenters. The Morgan fingerprint density at radius 1 is 1.32 bits per heavy atom. The predicted molar refractivity (Wildman–Crippen MR) is 73.9 cm³/mol. The second-order valence-corrected chi connectivity index (χ2v) is 4.03. The molecule has 5 heteroatoms. The lowest BCUT2D eigenvalue weighted by molar-refractivity contribution is 0.147. The van der Waals surface area contributed by atoms with Gasteiger partial charge in [0.25, 0.3) is 0 Å². The number of hydrogen-bond acceptors (Lipinski definition) is 5. The molecule has 1 N–H and O–H groups in total. The largest absolute Gasteiger partial charge is 0.382 e. The molecule has 0 fully saturated rings. The first kappa shape index (κ1) is 13.2. The molecule has 1 aromatic carbocycles. The number of rotatable bonds is 6. The Balaban J connectivity index is 2.17. The average Bonchev–Trinajstić information content (AvgIpc) is 2.47. The molecule has 0 spiro atoms. The molecule has 1 heterocycles. The van der Waals surface area contributed by atoms with E-state index in [0.29, 0.717) is 12.3 Å². The van der Waals surface area contributed by atoms with E-state index >= 15 is 0 Å². The number of fused-ring (bicyclic) bond motifs is 1. The molecule has 0 radical (unpaired) electrons. The first-order chi connectivity index (χ1) is 9.36. The zero-order valence-corrected chi connectivity index (χ0v) is 10.9. The Labute approximate surface area is 112 Å². The minimum absolute atomic E-state index is 0.329. The summed E-state index contributed by atoms with van der Waals surface area (Å²) in [6.07, 6.45) is 0.884. The summed E-state index contributed by atoms with van der Waals surface area (Å²) in [4.78, 5) is 0. The zero-order chi connectivity index (χ0) is 13.5. The topological polar surface area (TPSA) is 70.8 Å². The first-order valence-electron chi connectivity index (χ1n) is 6.34. The van der Waals surface area contributed by atoms with Crippen molar-refractivity contribution in [1.82, 2.24) is 10.2 Å². The van der Waals surface area contributed by atoms with E-state index in [9.17, 15) is 0 Å². The van der Waals surface area contributed by atoms with Gasteiger partial charge in [-0.3, -0.25) is 0 Å². The van der Waals surface area contributed by atoms with Gasteiger partial charge < -0.3 is 10.1 Å². The maximum Gasteiger partial charge on any atom is 0.186 e. The maximum absolute atomic E-state index is 9.10. The van der Waals surface area contributed by atoms with E-state index in [1.165, 1.54) is 0 Å². The summed E-state index contributed by atoms with van der Waals surface area (Å²) in [5, 5.41) is 21.3. The number of anilines is 1. The van der Waals surface area contributed by atoms with Crippen LogP contribution in [0.25, 0.3) is 10.9 Å². The number of aromatic nitrogens is 2. The molecule has 0 amide bonds. The van der Waals surface area contributed by atoms with Gasteiger partial charge in [-0.1, -0.05) is 18.2 Å². The summed E-state index contributed by atoms with van der Waals surface area (Å²) in [6.45, 7) is 4.15. The van der Waals surface area contributed by atoms with Gasteiger partial charge >= 0.3 is 0 Å². The third-order valence-corrected chi connectivity index (χ3v) is 2.75. The van der Waals surface area contributed by atoms with Gasteiger partial charge in [0.05, 0.1) is 11.2 Å². The molecule has 98 valence electrons. The lowest BCUT2D eigenvalue weighted by Gasteiger charge is -2.10. The molecule has 19 heavy (non-hydrogen) atoms. The van der Waals surface area contributed by atoms with E-state index in [1.54, 1.807) is 0 Å². The van der Waals surface area contributed by atoms with Crippen molar-refractivity contribution in [2.45, 2.75) is 13.3 Å². The summed E-state index contributed by atoms with van der Waals surface area (Å²) in [6, 6.07) is 9.73. The fourth-order valence-electron chi connectivity index (χ4n) is 1.84. The summed E-state index contributed by atoms with van der Waals surface area (Å²) in [5.41, 5.74) is 1.87. The Kier molecular flexibility index (Phi) is 4.65. The molecule has 0 aliphatic heterocycles. The molecule has 5 nitrogen and oxygen atoms in total. The van der Waals surface area contributed by atoms with E-state index in [1.807, 2.05) is 31.2 Å². The minimum atomic E-state index is 0.329. The molecular weight excluding hydrogens is 240 g/mol. The van der Waals surface area contributed by atoms with Gasteiger partial charge in [-0.15, -0.1) is 10.2 Å². The molecule has 0 aliphatic carbocycles. The Hall–Kier alpha value is -2.19. The van der Waals surface area contributed by atoms with E-state index in [-0.39, 0.29) is 0 Å². The second kappa shape index (κ2) is 6.66. The van der Waals surface area contributed by atoms with Crippen LogP contribution < -0.4 is 5.32 Å². The quantitative estimate of drug-likeness (QED) is 0.803. The van der Waals surface area contributed by atoms with Gasteiger partial charge in [0.15, 0.2) is 5.69 Å². The van der Waals surface area contributed by atoms with E-state index < -0.39 is 0 Å². The van der Waals surface area contributed by atoms with Crippen LogP contribution in [-0.4, -0.2) is 30.0 Å². The highest BCUT2D eigenvalue weighted by Gasteiger charge is 2.09. The van der Waals surface area contributed by atoms with Crippen LogP contribution in [0.2, 0.25) is 0 Å². The summed E-state index contributed by atoms with van der Waals surface area (Å²) in [5.74, 6) is 0. The Morgan fingerprint density at radius 2 is 2.16 bits per heavy atom. The molecule has 2 aromatic rings. The smallest absolute Gasteiger partial charge is 0.186 e. The highest BCUT2D eigenvalue weighted by Crippen LogP contribution is 2.23. The molecule has 0 saturated carbocycles. The SMILES string of the molecule is CCOCCCNc1c(C#N)nnc2ccccc12. The van der Waals surface area contributed by atoms with Crippen LogP contribution in [0.5, 0.6) is 0 Å². The summed E-state index contributed by atoms with van der Waals surface area (Å²) >= 11 is 0. The van der Waals surface area contributed by atoms with Gasteiger partial charge in [-0.05, 0) is 19.4 Å². The van der Waals surface area contributed by atoms with Gasteiger partial charge in [0, 0.05) is 25.1 Å². The van der Waals surface area contributed by atoms with Gasteiger partial charge in [0.2, 0.25) is 0 Å². The summed E-state index contributed by atoms with van der Waals surface area (Å²) in [7, 11) is 0. The fraction of sp³-hybridized carbons (Fsp3) is 0.357. The fourth-order valence-corrected chi connectivity index (χ4v) is 1.84. The number of hydrogen-bond donors (Lipinski definition) is 1. The van der Waals surface area contributed by atoms with Crippen LogP contribution in [-0.2, 0) is 4.74 Å². The van der Waals surface area contributed by atoms with Crippen LogP contribution in [0, 0.1) is 11.3 Å². The predicted octanol–water partition coefficient (Wildman–Crippen LogP) is 2.34.